The lowest BCUT2D eigenvalue weighted by Gasteiger charge is -2.33. The number of amides is 2. The molecule has 0 unspecified atom stereocenters. The molecule has 2 aliphatic rings. The van der Waals surface area contributed by atoms with E-state index < -0.39 is 12.1 Å². The Morgan fingerprint density at radius 1 is 1.19 bits per heavy atom. The zero-order valence-corrected chi connectivity index (χ0v) is 21.6. The lowest BCUT2D eigenvalue weighted by Crippen LogP contribution is -2.56. The number of aromatic amines is 1. The third-order valence-corrected chi connectivity index (χ3v) is 7.85. The fraction of sp³-hybridized carbons (Fsp3) is 0.481. The first-order chi connectivity index (χ1) is 17.8. The molecule has 1 aromatic carbocycles. The van der Waals surface area contributed by atoms with Crippen LogP contribution < -0.4 is 15.5 Å². The van der Waals surface area contributed by atoms with Crippen molar-refractivity contribution in [3.8, 4) is 0 Å². The molecule has 3 aromatic rings. The van der Waals surface area contributed by atoms with Gasteiger partial charge in [0.15, 0.2) is 0 Å². The molecule has 5 atom stereocenters. The second-order valence-electron chi connectivity index (χ2n) is 10.4. The van der Waals surface area contributed by atoms with Crippen LogP contribution in [0.2, 0.25) is 0 Å². The van der Waals surface area contributed by atoms with Crippen LogP contribution in [0.5, 0.6) is 0 Å². The number of hydrogen-bond donors (Lipinski definition) is 3. The number of carbonyl (C=O) groups is 2. The summed E-state index contributed by atoms with van der Waals surface area (Å²) in [5.74, 6) is -0.0643. The van der Waals surface area contributed by atoms with Crippen LogP contribution in [0, 0.1) is 11.7 Å². The smallest absolute Gasteiger partial charge is 0.245 e. The van der Waals surface area contributed by atoms with E-state index in [1.54, 1.807) is 38.5 Å². The van der Waals surface area contributed by atoms with E-state index in [0.29, 0.717) is 19.0 Å². The number of hydrogen-bond acceptors (Lipinski definition) is 6. The summed E-state index contributed by atoms with van der Waals surface area (Å²) in [5.41, 5.74) is 1.77. The lowest BCUT2D eigenvalue weighted by molar-refractivity contribution is -0.139. The number of likely N-dealkylation sites (tertiary alicyclic amines) is 1. The van der Waals surface area contributed by atoms with Crippen LogP contribution >= 0.6 is 0 Å². The standard InChI is InChI=1S/C27H34FN7O2/c1-15(2)23(33-25(36)16(3)29-4)26(37)34-11-8-22-24(34)20(14-35(22)27-30-9-5-10-31-27)19-13-32-21-12-17(28)6-7-18(19)21/h5-7,9-10,12-13,15-16,20,22-24,29,32H,8,11,14H2,1-4H3,(H,33,36)/t16-,20+,22+,23-,24+/m0/s1. The van der Waals surface area contributed by atoms with Crippen molar-refractivity contribution >= 4 is 28.7 Å². The van der Waals surface area contributed by atoms with Crippen molar-refractivity contribution in [2.75, 3.05) is 25.0 Å². The Balaban J connectivity index is 1.51. The molecule has 10 heteroatoms. The molecule has 0 spiro atoms. The van der Waals surface area contributed by atoms with Gasteiger partial charge in [0, 0.05) is 48.5 Å². The monoisotopic (exact) mass is 507 g/mol. The Labute approximate surface area is 215 Å². The Morgan fingerprint density at radius 2 is 1.95 bits per heavy atom. The molecule has 2 aromatic heterocycles. The number of carbonyl (C=O) groups excluding carboxylic acids is 2. The van der Waals surface area contributed by atoms with E-state index in [0.717, 1.165) is 22.9 Å². The molecule has 2 aliphatic heterocycles. The van der Waals surface area contributed by atoms with Crippen LogP contribution in [0.25, 0.3) is 10.9 Å². The maximum atomic E-state index is 14.0. The molecule has 2 saturated heterocycles. The number of anilines is 1. The number of nitrogens with one attached hydrogen (secondary N) is 3. The SMILES string of the molecule is CN[C@@H](C)C(=O)N[C@H](C(=O)N1CC[C@@H]2[C@H]1[C@@H](c1c[nH]c3cc(F)ccc13)CN2c1ncccn1)C(C)C. The third kappa shape index (κ3) is 4.54. The van der Waals surface area contributed by atoms with E-state index in [2.05, 4.69) is 30.5 Å². The van der Waals surface area contributed by atoms with E-state index in [1.165, 1.54) is 12.1 Å². The lowest BCUT2D eigenvalue weighted by atomic mass is 9.90. The minimum atomic E-state index is -0.637. The first-order valence-corrected chi connectivity index (χ1v) is 12.9. The van der Waals surface area contributed by atoms with E-state index in [4.69, 9.17) is 0 Å². The molecule has 9 nitrogen and oxygen atoms in total. The minimum Gasteiger partial charge on any atom is -0.361 e. The number of benzene rings is 1. The van der Waals surface area contributed by atoms with Crippen LogP contribution in [0.4, 0.5) is 10.3 Å². The number of fused-ring (bicyclic) bond motifs is 2. The van der Waals surface area contributed by atoms with Gasteiger partial charge in [0.1, 0.15) is 11.9 Å². The molecule has 2 amide bonds. The van der Waals surface area contributed by atoms with Gasteiger partial charge >= 0.3 is 0 Å². The van der Waals surface area contributed by atoms with Crippen LogP contribution in [-0.2, 0) is 9.59 Å². The predicted molar refractivity (Wildman–Crippen MR) is 140 cm³/mol. The summed E-state index contributed by atoms with van der Waals surface area (Å²) < 4.78 is 13.9. The number of halogens is 1. The van der Waals surface area contributed by atoms with Gasteiger partial charge < -0.3 is 25.4 Å². The van der Waals surface area contributed by atoms with Crippen molar-refractivity contribution in [1.82, 2.24) is 30.5 Å². The number of likely N-dealkylation sites (N-methyl/N-ethyl adjacent to an activating group) is 1. The summed E-state index contributed by atoms with van der Waals surface area (Å²) >= 11 is 0. The quantitative estimate of drug-likeness (QED) is 0.454. The van der Waals surface area contributed by atoms with Crippen molar-refractivity contribution in [2.45, 2.75) is 57.3 Å². The molecule has 4 heterocycles. The summed E-state index contributed by atoms with van der Waals surface area (Å²) in [5, 5.41) is 6.85. The number of aromatic nitrogens is 3. The summed E-state index contributed by atoms with van der Waals surface area (Å²) in [6.45, 7) is 6.87. The van der Waals surface area contributed by atoms with Gasteiger partial charge in [-0.1, -0.05) is 13.8 Å². The first kappa shape index (κ1) is 25.1. The Morgan fingerprint density at radius 3 is 2.65 bits per heavy atom. The molecule has 0 saturated carbocycles. The van der Waals surface area contributed by atoms with E-state index >= 15 is 0 Å². The van der Waals surface area contributed by atoms with Gasteiger partial charge in [-0.2, -0.15) is 0 Å². The van der Waals surface area contributed by atoms with Crippen LogP contribution in [0.1, 0.15) is 38.7 Å². The molecule has 5 rings (SSSR count). The van der Waals surface area contributed by atoms with Gasteiger partial charge in [-0.25, -0.2) is 14.4 Å². The average Bonchev–Trinajstić information content (AvgIpc) is 3.60. The fourth-order valence-corrected chi connectivity index (χ4v) is 5.82. The summed E-state index contributed by atoms with van der Waals surface area (Å²) in [6.07, 6.45) is 6.15. The van der Waals surface area contributed by atoms with Gasteiger partial charge in [-0.15, -0.1) is 0 Å². The molecule has 2 fully saturated rings. The molecular weight excluding hydrogens is 473 g/mol. The Kier molecular flexibility index (Phi) is 6.85. The van der Waals surface area contributed by atoms with Crippen molar-refractivity contribution < 1.29 is 14.0 Å². The highest BCUT2D eigenvalue weighted by Crippen LogP contribution is 2.44. The topological polar surface area (TPSA) is 106 Å². The number of nitrogens with zero attached hydrogens (tertiary/aromatic N) is 4. The number of rotatable bonds is 7. The molecule has 0 aliphatic carbocycles. The molecule has 3 N–H and O–H groups in total. The van der Waals surface area contributed by atoms with Crippen LogP contribution in [0.15, 0.2) is 42.9 Å². The summed E-state index contributed by atoms with van der Waals surface area (Å²) in [4.78, 5) is 43.1. The predicted octanol–water partition coefficient (Wildman–Crippen LogP) is 2.42. The van der Waals surface area contributed by atoms with Crippen LogP contribution in [-0.4, -0.2) is 76.0 Å². The van der Waals surface area contributed by atoms with Gasteiger partial charge in [0.05, 0.1) is 18.1 Å². The van der Waals surface area contributed by atoms with Crippen molar-refractivity contribution in [3.05, 3.63) is 54.2 Å². The number of H-pyrrole nitrogens is 1. The van der Waals surface area contributed by atoms with Gasteiger partial charge in [0.2, 0.25) is 17.8 Å². The molecule has 196 valence electrons. The van der Waals surface area contributed by atoms with Crippen molar-refractivity contribution in [3.63, 3.8) is 0 Å². The zero-order valence-electron chi connectivity index (χ0n) is 21.6. The second kappa shape index (κ2) is 10.1. The summed E-state index contributed by atoms with van der Waals surface area (Å²) in [6, 6.07) is 5.39. The zero-order chi connectivity index (χ0) is 26.3. The Hall–Kier alpha value is -3.53. The maximum absolute atomic E-state index is 14.0. The Bertz CT molecular complexity index is 1280. The highest BCUT2D eigenvalue weighted by atomic mass is 19.1. The van der Waals surface area contributed by atoms with E-state index in [-0.39, 0.29) is 41.6 Å². The fourth-order valence-electron chi connectivity index (χ4n) is 5.82. The van der Waals surface area contributed by atoms with Gasteiger partial charge in [-0.05, 0) is 56.1 Å². The second-order valence-corrected chi connectivity index (χ2v) is 10.4. The summed E-state index contributed by atoms with van der Waals surface area (Å²) in [7, 11) is 1.72. The molecule has 0 radical (unpaired) electrons. The van der Waals surface area contributed by atoms with Crippen molar-refractivity contribution in [2.24, 2.45) is 5.92 Å². The van der Waals surface area contributed by atoms with Gasteiger partial charge in [-0.3, -0.25) is 9.59 Å². The van der Waals surface area contributed by atoms with Crippen LogP contribution in [0.3, 0.4) is 0 Å². The normalized spacial score (nSPS) is 22.9. The largest absolute Gasteiger partial charge is 0.361 e. The van der Waals surface area contributed by atoms with E-state index in [1.807, 2.05) is 24.9 Å². The molecule has 37 heavy (non-hydrogen) atoms. The maximum Gasteiger partial charge on any atom is 0.245 e. The molecule has 0 bridgehead atoms. The highest BCUT2D eigenvalue weighted by Gasteiger charge is 2.53. The first-order valence-electron chi connectivity index (χ1n) is 12.9. The van der Waals surface area contributed by atoms with E-state index in [9.17, 15) is 14.0 Å². The minimum absolute atomic E-state index is 0.0292. The highest BCUT2D eigenvalue weighted by molar-refractivity contribution is 5.90. The van der Waals surface area contributed by atoms with Crippen molar-refractivity contribution in [1.29, 1.82) is 0 Å². The average molecular weight is 508 g/mol. The van der Waals surface area contributed by atoms with Gasteiger partial charge in [0.25, 0.3) is 0 Å². The third-order valence-electron chi connectivity index (χ3n) is 7.85. The molecular formula is C27H34FN7O2.